The van der Waals surface area contributed by atoms with Crippen LogP contribution >= 0.6 is 11.6 Å². The Balaban J connectivity index is 1.80. The number of aromatic nitrogens is 6. The minimum absolute atomic E-state index is 0.0511. The van der Waals surface area contributed by atoms with Crippen molar-refractivity contribution in [3.63, 3.8) is 0 Å². The number of pyridine rings is 1. The molecule has 0 saturated carbocycles. The zero-order valence-electron chi connectivity index (χ0n) is 19.4. The van der Waals surface area contributed by atoms with E-state index in [0.717, 1.165) is 16.7 Å². The molecule has 0 aliphatic rings. The SMILES string of the molecule is COc1cccc(-c2nnc(CS(=O)(=O)[C@@H](C)[C@H](C)c3ncc(Cl)cn3)n2-c2c(F)cccc2F)n1. The van der Waals surface area contributed by atoms with Crippen molar-refractivity contribution >= 4 is 21.4 Å². The Morgan fingerprint density at radius 2 is 1.67 bits per heavy atom. The number of hydrogen-bond acceptors (Lipinski definition) is 8. The van der Waals surface area contributed by atoms with Crippen molar-refractivity contribution in [2.75, 3.05) is 7.11 Å². The molecule has 2 atom stereocenters. The number of hydrogen-bond donors (Lipinski definition) is 0. The molecule has 4 rings (SSSR count). The van der Waals surface area contributed by atoms with E-state index in [1.807, 2.05) is 0 Å². The zero-order valence-corrected chi connectivity index (χ0v) is 21.0. The van der Waals surface area contributed by atoms with Gasteiger partial charge in [-0.05, 0) is 25.1 Å². The maximum absolute atomic E-state index is 14.9. The van der Waals surface area contributed by atoms with E-state index in [1.165, 1.54) is 32.5 Å². The lowest BCUT2D eigenvalue weighted by atomic mass is 10.1. The van der Waals surface area contributed by atoms with Crippen molar-refractivity contribution in [1.82, 2.24) is 29.7 Å². The van der Waals surface area contributed by atoms with E-state index in [0.29, 0.717) is 10.8 Å². The molecule has 0 spiro atoms. The van der Waals surface area contributed by atoms with Crippen LogP contribution in [0.5, 0.6) is 5.88 Å². The van der Waals surface area contributed by atoms with E-state index >= 15 is 0 Å². The topological polar surface area (TPSA) is 113 Å². The first-order chi connectivity index (χ1) is 17.1. The molecular weight excluding hydrogens is 514 g/mol. The quantitative estimate of drug-likeness (QED) is 0.331. The van der Waals surface area contributed by atoms with Crippen LogP contribution in [0, 0.1) is 11.6 Å². The Kier molecular flexibility index (Phi) is 7.27. The second-order valence-corrected chi connectivity index (χ2v) is 10.8. The summed E-state index contributed by atoms with van der Waals surface area (Å²) in [6.07, 6.45) is 2.76. The fourth-order valence-corrected chi connectivity index (χ4v) is 5.21. The van der Waals surface area contributed by atoms with Crippen molar-refractivity contribution in [1.29, 1.82) is 0 Å². The van der Waals surface area contributed by atoms with E-state index < -0.39 is 44.1 Å². The summed E-state index contributed by atoms with van der Waals surface area (Å²) < 4.78 is 62.7. The average molecular weight is 535 g/mol. The van der Waals surface area contributed by atoms with E-state index in [4.69, 9.17) is 16.3 Å². The largest absolute Gasteiger partial charge is 0.481 e. The van der Waals surface area contributed by atoms with Crippen molar-refractivity contribution in [2.45, 2.75) is 30.8 Å². The van der Waals surface area contributed by atoms with Crippen LogP contribution in [0.25, 0.3) is 17.2 Å². The Bertz CT molecular complexity index is 1480. The molecule has 3 aromatic heterocycles. The number of halogens is 3. The first kappa shape index (κ1) is 25.6. The van der Waals surface area contributed by atoms with Crippen molar-refractivity contribution < 1.29 is 21.9 Å². The lowest BCUT2D eigenvalue weighted by molar-refractivity contribution is 0.398. The van der Waals surface area contributed by atoms with E-state index in [9.17, 15) is 17.2 Å². The summed E-state index contributed by atoms with van der Waals surface area (Å²) in [5.41, 5.74) is -0.335. The fraction of sp³-hybridized carbons (Fsp3) is 0.261. The number of nitrogens with zero attached hydrogens (tertiary/aromatic N) is 6. The predicted molar refractivity (Wildman–Crippen MR) is 129 cm³/mol. The second kappa shape index (κ2) is 10.2. The van der Waals surface area contributed by atoms with Crippen LogP contribution in [0.4, 0.5) is 8.78 Å². The molecule has 0 N–H and O–H groups in total. The number of para-hydroxylation sites is 1. The second-order valence-electron chi connectivity index (χ2n) is 7.97. The smallest absolute Gasteiger partial charge is 0.213 e. The number of rotatable bonds is 8. The summed E-state index contributed by atoms with van der Waals surface area (Å²) in [4.78, 5) is 12.5. The number of benzene rings is 1. The Morgan fingerprint density at radius 3 is 2.31 bits per heavy atom. The maximum atomic E-state index is 14.9. The molecule has 0 bridgehead atoms. The monoisotopic (exact) mass is 534 g/mol. The summed E-state index contributed by atoms with van der Waals surface area (Å²) in [5.74, 6) is -2.82. The highest BCUT2D eigenvalue weighted by molar-refractivity contribution is 7.91. The van der Waals surface area contributed by atoms with Gasteiger partial charge in [0.15, 0.2) is 21.5 Å². The van der Waals surface area contributed by atoms with E-state index in [-0.39, 0.29) is 23.2 Å². The summed E-state index contributed by atoms with van der Waals surface area (Å²) in [5, 5.41) is 7.38. The van der Waals surface area contributed by atoms with Gasteiger partial charge in [-0.2, -0.15) is 0 Å². The van der Waals surface area contributed by atoms with Gasteiger partial charge in [-0.1, -0.05) is 30.7 Å². The first-order valence-corrected chi connectivity index (χ1v) is 12.8. The van der Waals surface area contributed by atoms with Crippen molar-refractivity contribution in [2.24, 2.45) is 0 Å². The van der Waals surface area contributed by atoms with Gasteiger partial charge < -0.3 is 4.74 Å². The van der Waals surface area contributed by atoms with Crippen LogP contribution < -0.4 is 4.74 Å². The molecule has 13 heteroatoms. The molecule has 1 aromatic carbocycles. The number of methoxy groups -OCH3 is 1. The standard InChI is InChI=1S/C23H21ClF2N6O3S/c1-13(22-27-10-15(24)11-28-22)14(2)36(33,34)12-19-30-31-23(18-8-5-9-20(29-18)35-3)32(19)21-16(25)6-4-7-17(21)26/h4-11,13-14H,12H2,1-3H3/t13-,14-/m0/s1. The molecule has 0 amide bonds. The summed E-state index contributed by atoms with van der Waals surface area (Å²) in [7, 11) is -2.52. The molecule has 0 aliphatic heterocycles. The molecule has 0 aliphatic carbocycles. The minimum Gasteiger partial charge on any atom is -0.481 e. The molecular formula is C23H21ClF2N6O3S. The van der Waals surface area contributed by atoms with Crippen LogP contribution in [0.3, 0.4) is 0 Å². The van der Waals surface area contributed by atoms with Gasteiger partial charge in [0, 0.05) is 24.4 Å². The normalized spacial score (nSPS) is 13.4. The highest BCUT2D eigenvalue weighted by Crippen LogP contribution is 2.29. The summed E-state index contributed by atoms with van der Waals surface area (Å²) in [6, 6.07) is 8.06. The maximum Gasteiger partial charge on any atom is 0.213 e. The van der Waals surface area contributed by atoms with Gasteiger partial charge in [0.2, 0.25) is 5.88 Å². The van der Waals surface area contributed by atoms with Crippen LogP contribution in [0.1, 0.15) is 31.4 Å². The van der Waals surface area contributed by atoms with Crippen molar-refractivity contribution in [3.05, 3.63) is 77.1 Å². The number of sulfone groups is 1. The Labute approximate surface area is 211 Å². The fourth-order valence-electron chi connectivity index (χ4n) is 3.56. The predicted octanol–water partition coefficient (Wildman–Crippen LogP) is 4.17. The molecule has 4 aromatic rings. The summed E-state index contributed by atoms with van der Waals surface area (Å²) >= 11 is 5.83. The molecule has 3 heterocycles. The van der Waals surface area contributed by atoms with Crippen LogP contribution in [-0.4, -0.2) is 50.5 Å². The molecule has 188 valence electrons. The van der Waals surface area contributed by atoms with Gasteiger partial charge >= 0.3 is 0 Å². The minimum atomic E-state index is -3.94. The number of ether oxygens (including phenoxy) is 1. The highest BCUT2D eigenvalue weighted by Gasteiger charge is 2.33. The van der Waals surface area contributed by atoms with Gasteiger partial charge in [0.05, 0.1) is 17.4 Å². The third-order valence-corrected chi connectivity index (χ3v) is 8.10. The Morgan fingerprint density at radius 1 is 1.03 bits per heavy atom. The molecule has 36 heavy (non-hydrogen) atoms. The Hall–Kier alpha value is -3.51. The molecule has 0 radical (unpaired) electrons. The lowest BCUT2D eigenvalue weighted by Gasteiger charge is -2.19. The van der Waals surface area contributed by atoms with E-state index in [1.54, 1.807) is 25.1 Å². The zero-order chi connectivity index (χ0) is 26.0. The summed E-state index contributed by atoms with van der Waals surface area (Å²) in [6.45, 7) is 3.17. The highest BCUT2D eigenvalue weighted by atomic mass is 35.5. The van der Waals surface area contributed by atoms with Crippen LogP contribution in [0.2, 0.25) is 5.02 Å². The van der Waals surface area contributed by atoms with Gasteiger partial charge in [-0.25, -0.2) is 32.2 Å². The van der Waals surface area contributed by atoms with Crippen LogP contribution in [-0.2, 0) is 15.6 Å². The first-order valence-electron chi connectivity index (χ1n) is 10.7. The molecule has 0 fully saturated rings. The third kappa shape index (κ3) is 5.05. The van der Waals surface area contributed by atoms with Crippen LogP contribution in [0.15, 0.2) is 48.8 Å². The van der Waals surface area contributed by atoms with Gasteiger partial charge in [0.1, 0.15) is 34.6 Å². The molecule has 0 unspecified atom stereocenters. The average Bonchev–Trinajstić information content (AvgIpc) is 3.25. The van der Waals surface area contributed by atoms with Gasteiger partial charge in [-0.3, -0.25) is 4.57 Å². The molecule has 9 nitrogen and oxygen atoms in total. The van der Waals surface area contributed by atoms with Gasteiger partial charge in [-0.15, -0.1) is 10.2 Å². The van der Waals surface area contributed by atoms with Crippen molar-refractivity contribution in [3.8, 4) is 23.1 Å². The lowest BCUT2D eigenvalue weighted by Crippen LogP contribution is -2.27. The van der Waals surface area contributed by atoms with Gasteiger partial charge in [0.25, 0.3) is 0 Å². The van der Waals surface area contributed by atoms with E-state index in [2.05, 4.69) is 25.1 Å². The molecule has 0 saturated heterocycles. The third-order valence-electron chi connectivity index (χ3n) is 5.70.